The summed E-state index contributed by atoms with van der Waals surface area (Å²) in [5.41, 5.74) is 5.89. The smallest absolute Gasteiger partial charge is 0.311 e. The van der Waals surface area contributed by atoms with Crippen LogP contribution < -0.4 is 5.73 Å². The average molecular weight is 214 g/mol. The Bertz CT molecular complexity index is 390. The Balaban J connectivity index is 2.96. The van der Waals surface area contributed by atoms with Crippen molar-refractivity contribution in [2.24, 2.45) is 0 Å². The van der Waals surface area contributed by atoms with Crippen LogP contribution in [0.1, 0.15) is 16.8 Å². The van der Waals surface area contributed by atoms with Gasteiger partial charge in [-0.2, -0.15) is 0 Å². The molecule has 0 radical (unpaired) electrons. The Kier molecular flexibility index (Phi) is 3.09. The van der Waals surface area contributed by atoms with E-state index in [2.05, 4.69) is 0 Å². The van der Waals surface area contributed by atoms with E-state index < -0.39 is 18.2 Å². The fraction of sp³-hybridized carbons (Fsp3) is 0.111. The first-order valence-electron chi connectivity index (χ1n) is 3.80. The zero-order valence-corrected chi connectivity index (χ0v) is 7.91. The molecule has 0 saturated heterocycles. The summed E-state index contributed by atoms with van der Waals surface area (Å²) in [5, 5.41) is 8.81. The highest BCUT2D eigenvalue weighted by atomic mass is 35.5. The van der Waals surface area contributed by atoms with E-state index in [1.54, 1.807) is 0 Å². The number of carbonyl (C=O) groups excluding carboxylic acids is 1. The van der Waals surface area contributed by atoms with Crippen LogP contribution in [-0.4, -0.2) is 16.9 Å². The first-order chi connectivity index (χ1) is 6.50. The number of halogens is 1. The summed E-state index contributed by atoms with van der Waals surface area (Å²) in [5.74, 6) is -1.70. The van der Waals surface area contributed by atoms with E-state index in [9.17, 15) is 9.59 Å². The molecule has 74 valence electrons. The van der Waals surface area contributed by atoms with Crippen LogP contribution in [0.4, 0.5) is 5.69 Å². The van der Waals surface area contributed by atoms with Gasteiger partial charge in [0.05, 0.1) is 0 Å². The molecular weight excluding hydrogens is 206 g/mol. The van der Waals surface area contributed by atoms with Crippen LogP contribution >= 0.6 is 11.6 Å². The van der Waals surface area contributed by atoms with Gasteiger partial charge in [-0.1, -0.05) is 11.6 Å². The van der Waals surface area contributed by atoms with Crippen molar-refractivity contribution in [3.05, 3.63) is 28.8 Å². The van der Waals surface area contributed by atoms with Crippen molar-refractivity contribution >= 4 is 29.0 Å². The van der Waals surface area contributed by atoms with Crippen LogP contribution in [-0.2, 0) is 4.79 Å². The van der Waals surface area contributed by atoms with Crippen molar-refractivity contribution in [2.45, 2.75) is 6.42 Å². The van der Waals surface area contributed by atoms with Gasteiger partial charge in [-0.15, -0.1) is 0 Å². The molecule has 1 aromatic carbocycles. The summed E-state index contributed by atoms with van der Waals surface area (Å²) in [4.78, 5) is 21.6. The molecule has 3 N–H and O–H groups in total. The molecule has 0 spiro atoms. The lowest BCUT2D eigenvalue weighted by Crippen LogP contribution is -2.09. The Morgan fingerprint density at radius 1 is 1.43 bits per heavy atom. The van der Waals surface area contributed by atoms with Gasteiger partial charge in [0.15, 0.2) is 5.78 Å². The van der Waals surface area contributed by atoms with Crippen molar-refractivity contribution in [2.75, 3.05) is 5.73 Å². The number of hydrogen-bond acceptors (Lipinski definition) is 3. The standard InChI is InChI=1S/C9H8ClNO3/c10-5-1-2-6(7(11)3-5)8(12)4-9(13)14/h1-3H,4,11H2,(H,13,14). The SMILES string of the molecule is Nc1cc(Cl)ccc1C(=O)CC(=O)O. The van der Waals surface area contributed by atoms with Gasteiger partial charge in [-0.25, -0.2) is 0 Å². The molecule has 0 fully saturated rings. The second kappa shape index (κ2) is 4.11. The summed E-state index contributed by atoms with van der Waals surface area (Å²) < 4.78 is 0. The Hall–Kier alpha value is -1.55. The second-order valence-electron chi connectivity index (χ2n) is 2.73. The van der Waals surface area contributed by atoms with Crippen molar-refractivity contribution in [1.82, 2.24) is 0 Å². The molecule has 0 aromatic heterocycles. The van der Waals surface area contributed by atoms with E-state index in [1.165, 1.54) is 18.2 Å². The molecular formula is C9H8ClNO3. The Morgan fingerprint density at radius 3 is 2.57 bits per heavy atom. The van der Waals surface area contributed by atoms with E-state index >= 15 is 0 Å². The van der Waals surface area contributed by atoms with Gasteiger partial charge in [0.1, 0.15) is 6.42 Å². The first-order valence-corrected chi connectivity index (χ1v) is 4.18. The number of ketones is 1. The number of Topliss-reactive ketones (excluding diaryl/α,β-unsaturated/α-hetero) is 1. The third-order valence-electron chi connectivity index (χ3n) is 1.63. The van der Waals surface area contributed by atoms with Crippen LogP contribution in [0, 0.1) is 0 Å². The predicted octanol–water partition coefficient (Wildman–Crippen LogP) is 1.58. The number of carbonyl (C=O) groups is 2. The summed E-state index contributed by atoms with van der Waals surface area (Å²) in [6.45, 7) is 0. The molecule has 0 aliphatic carbocycles. The molecule has 0 atom stereocenters. The summed E-state index contributed by atoms with van der Waals surface area (Å²) in [7, 11) is 0. The molecule has 0 saturated carbocycles. The molecule has 14 heavy (non-hydrogen) atoms. The van der Waals surface area contributed by atoms with Crippen LogP contribution in [0.2, 0.25) is 5.02 Å². The molecule has 5 heteroatoms. The number of nitrogen functional groups attached to an aromatic ring is 1. The minimum absolute atomic E-state index is 0.191. The van der Waals surface area contributed by atoms with Crippen LogP contribution in [0.15, 0.2) is 18.2 Å². The maximum absolute atomic E-state index is 11.3. The molecule has 1 aromatic rings. The normalized spacial score (nSPS) is 9.79. The Morgan fingerprint density at radius 2 is 2.07 bits per heavy atom. The number of benzene rings is 1. The van der Waals surface area contributed by atoms with Crippen molar-refractivity contribution in [3.8, 4) is 0 Å². The largest absolute Gasteiger partial charge is 0.481 e. The number of carboxylic acids is 1. The second-order valence-corrected chi connectivity index (χ2v) is 3.16. The minimum atomic E-state index is -1.18. The minimum Gasteiger partial charge on any atom is -0.481 e. The Labute approximate surface area is 85.3 Å². The summed E-state index contributed by atoms with van der Waals surface area (Å²) >= 11 is 5.62. The van der Waals surface area contributed by atoms with E-state index in [-0.39, 0.29) is 11.3 Å². The zero-order chi connectivity index (χ0) is 10.7. The average Bonchev–Trinajstić information content (AvgIpc) is 2.01. The summed E-state index contributed by atoms with van der Waals surface area (Å²) in [6, 6.07) is 4.33. The number of carboxylic acid groups (broad SMARTS) is 1. The number of nitrogens with two attached hydrogens (primary N) is 1. The molecule has 0 amide bonds. The monoisotopic (exact) mass is 213 g/mol. The van der Waals surface area contributed by atoms with Gasteiger partial charge in [-0.3, -0.25) is 9.59 Å². The van der Waals surface area contributed by atoms with Gasteiger partial charge in [0.25, 0.3) is 0 Å². The summed E-state index contributed by atoms with van der Waals surface area (Å²) in [6.07, 6.45) is -0.564. The lowest BCUT2D eigenvalue weighted by Gasteiger charge is -2.02. The maximum atomic E-state index is 11.3. The number of aliphatic carboxylic acids is 1. The highest BCUT2D eigenvalue weighted by molar-refractivity contribution is 6.31. The molecule has 0 bridgehead atoms. The highest BCUT2D eigenvalue weighted by Crippen LogP contribution is 2.19. The van der Waals surface area contributed by atoms with Gasteiger partial charge in [-0.05, 0) is 18.2 Å². The lowest BCUT2D eigenvalue weighted by molar-refractivity contribution is -0.135. The lowest BCUT2D eigenvalue weighted by atomic mass is 10.1. The highest BCUT2D eigenvalue weighted by Gasteiger charge is 2.13. The molecule has 0 heterocycles. The van der Waals surface area contributed by atoms with E-state index in [0.717, 1.165) is 0 Å². The van der Waals surface area contributed by atoms with Crippen molar-refractivity contribution < 1.29 is 14.7 Å². The topological polar surface area (TPSA) is 80.4 Å². The molecule has 0 aliphatic rings. The van der Waals surface area contributed by atoms with E-state index in [1.807, 2.05) is 0 Å². The fourth-order valence-electron chi connectivity index (χ4n) is 1.02. The third kappa shape index (κ3) is 2.47. The van der Waals surface area contributed by atoms with Crippen molar-refractivity contribution in [3.63, 3.8) is 0 Å². The van der Waals surface area contributed by atoms with Crippen LogP contribution in [0.25, 0.3) is 0 Å². The number of hydrogen-bond donors (Lipinski definition) is 2. The fourth-order valence-corrected chi connectivity index (χ4v) is 1.20. The van der Waals surface area contributed by atoms with Crippen molar-refractivity contribution in [1.29, 1.82) is 0 Å². The van der Waals surface area contributed by atoms with Crippen LogP contribution in [0.3, 0.4) is 0 Å². The molecule has 0 unspecified atom stereocenters. The molecule has 1 rings (SSSR count). The predicted molar refractivity (Wildman–Crippen MR) is 52.4 cm³/mol. The van der Waals surface area contributed by atoms with E-state index in [0.29, 0.717) is 5.02 Å². The van der Waals surface area contributed by atoms with Crippen LogP contribution in [0.5, 0.6) is 0 Å². The zero-order valence-electron chi connectivity index (χ0n) is 7.16. The van der Waals surface area contributed by atoms with Gasteiger partial charge in [0.2, 0.25) is 0 Å². The molecule has 4 nitrogen and oxygen atoms in total. The van der Waals surface area contributed by atoms with E-state index in [4.69, 9.17) is 22.4 Å². The van der Waals surface area contributed by atoms with Gasteiger partial charge in [0, 0.05) is 16.3 Å². The third-order valence-corrected chi connectivity index (χ3v) is 1.86. The quantitative estimate of drug-likeness (QED) is 0.454. The number of rotatable bonds is 3. The van der Waals surface area contributed by atoms with Gasteiger partial charge >= 0.3 is 5.97 Å². The maximum Gasteiger partial charge on any atom is 0.311 e. The molecule has 0 aliphatic heterocycles. The number of anilines is 1. The first kappa shape index (κ1) is 10.5. The van der Waals surface area contributed by atoms with Gasteiger partial charge < -0.3 is 10.8 Å².